The highest BCUT2D eigenvalue weighted by Gasteiger charge is 2.20. The van der Waals surface area contributed by atoms with Crippen LogP contribution in [-0.4, -0.2) is 27.4 Å². The second-order valence-electron chi connectivity index (χ2n) is 6.21. The van der Waals surface area contributed by atoms with Gasteiger partial charge < -0.3 is 4.74 Å². The van der Waals surface area contributed by atoms with Gasteiger partial charge in [0.25, 0.3) is 0 Å². The predicted molar refractivity (Wildman–Crippen MR) is 91.3 cm³/mol. The molecule has 0 aliphatic heterocycles. The summed E-state index contributed by atoms with van der Waals surface area (Å²) in [5.74, 6) is -1.33. The zero-order chi connectivity index (χ0) is 18.6. The third-order valence-electron chi connectivity index (χ3n) is 2.96. The average Bonchev–Trinajstić information content (AvgIpc) is 2.47. The minimum Gasteiger partial charge on any atom is -0.444 e. The van der Waals surface area contributed by atoms with Crippen LogP contribution in [0.25, 0.3) is 0 Å². The van der Waals surface area contributed by atoms with Crippen LogP contribution in [-0.2, 0) is 11.2 Å². The molecule has 1 aromatic heterocycles. The molecular formula is C17H17ClFN3O3. The largest absolute Gasteiger partial charge is 0.444 e. The molecule has 132 valence electrons. The fourth-order valence-electron chi connectivity index (χ4n) is 1.99. The molecule has 1 amide bonds. The van der Waals surface area contributed by atoms with E-state index in [4.69, 9.17) is 16.3 Å². The van der Waals surface area contributed by atoms with Crippen molar-refractivity contribution in [1.82, 2.24) is 9.97 Å². The Morgan fingerprint density at radius 1 is 1.28 bits per heavy atom. The Balaban J connectivity index is 2.17. The summed E-state index contributed by atoms with van der Waals surface area (Å²) in [5.41, 5.74) is -0.653. The number of hydrogen-bond acceptors (Lipinski definition) is 5. The van der Waals surface area contributed by atoms with Gasteiger partial charge in [0.1, 0.15) is 5.60 Å². The molecule has 0 saturated heterocycles. The van der Waals surface area contributed by atoms with Gasteiger partial charge in [-0.15, -0.1) is 0 Å². The first kappa shape index (κ1) is 18.8. The third kappa shape index (κ3) is 5.49. The fraction of sp³-hybridized carbons (Fsp3) is 0.294. The number of rotatable bonds is 4. The van der Waals surface area contributed by atoms with Gasteiger partial charge in [0.05, 0.1) is 23.4 Å². The summed E-state index contributed by atoms with van der Waals surface area (Å²) in [5, 5.41) is 2.31. The Hall–Kier alpha value is -2.54. The smallest absolute Gasteiger partial charge is 0.412 e. The van der Waals surface area contributed by atoms with E-state index >= 15 is 0 Å². The Morgan fingerprint density at radius 2 is 2.00 bits per heavy atom. The number of carbonyl (C=O) groups excluding carboxylic acids is 2. The van der Waals surface area contributed by atoms with Crippen molar-refractivity contribution in [2.45, 2.75) is 32.8 Å². The van der Waals surface area contributed by atoms with E-state index in [1.54, 1.807) is 20.8 Å². The minimum atomic E-state index is -0.835. The lowest BCUT2D eigenvalue weighted by Crippen LogP contribution is -2.27. The Morgan fingerprint density at radius 3 is 2.64 bits per heavy atom. The molecule has 0 radical (unpaired) electrons. The van der Waals surface area contributed by atoms with Gasteiger partial charge in [0.2, 0.25) is 5.28 Å². The number of Topliss-reactive ketones (excluding diaryl/α,β-unsaturated/α-hetero) is 1. The first-order valence-corrected chi connectivity index (χ1v) is 7.82. The van der Waals surface area contributed by atoms with Gasteiger partial charge >= 0.3 is 6.09 Å². The molecule has 0 unspecified atom stereocenters. The lowest BCUT2D eigenvalue weighted by atomic mass is 10.0. The summed E-state index contributed by atoms with van der Waals surface area (Å²) in [4.78, 5) is 31.7. The molecule has 0 fully saturated rings. The van der Waals surface area contributed by atoms with Crippen molar-refractivity contribution < 1.29 is 18.7 Å². The number of ether oxygens (including phenoxy) is 1. The lowest BCUT2D eigenvalue weighted by Gasteiger charge is -2.20. The molecule has 2 rings (SSSR count). The predicted octanol–water partition coefficient (Wildman–Crippen LogP) is 4.04. The number of nitrogens with zero attached hydrogens (tertiary/aromatic N) is 2. The van der Waals surface area contributed by atoms with Gasteiger partial charge in [0, 0.05) is 6.20 Å². The van der Waals surface area contributed by atoms with Crippen LogP contribution >= 0.6 is 11.6 Å². The first-order chi connectivity index (χ1) is 11.7. The van der Waals surface area contributed by atoms with Crippen molar-refractivity contribution >= 4 is 29.2 Å². The number of halogens is 2. The summed E-state index contributed by atoms with van der Waals surface area (Å²) in [6.07, 6.45) is 0.461. The summed E-state index contributed by atoms with van der Waals surface area (Å²) >= 11 is 5.67. The normalized spacial score (nSPS) is 11.1. The van der Waals surface area contributed by atoms with Crippen LogP contribution in [0.3, 0.4) is 0 Å². The lowest BCUT2D eigenvalue weighted by molar-refractivity contribution is 0.0634. The Labute approximate surface area is 149 Å². The van der Waals surface area contributed by atoms with Gasteiger partial charge in [-0.3, -0.25) is 10.1 Å². The number of amides is 1. The van der Waals surface area contributed by atoms with Crippen molar-refractivity contribution in [2.24, 2.45) is 0 Å². The topological polar surface area (TPSA) is 81.2 Å². The molecule has 0 aliphatic carbocycles. The summed E-state index contributed by atoms with van der Waals surface area (Å²) < 4.78 is 19.6. The fourth-order valence-corrected chi connectivity index (χ4v) is 2.15. The highest BCUT2D eigenvalue weighted by molar-refractivity contribution is 6.28. The van der Waals surface area contributed by atoms with E-state index in [1.807, 2.05) is 0 Å². The maximum atomic E-state index is 14.5. The number of hydrogen-bond donors (Lipinski definition) is 1. The van der Waals surface area contributed by atoms with Crippen LogP contribution in [0.4, 0.5) is 14.9 Å². The molecule has 0 saturated carbocycles. The molecule has 1 N–H and O–H groups in total. The van der Waals surface area contributed by atoms with Crippen LogP contribution in [0.5, 0.6) is 0 Å². The molecule has 0 aliphatic rings. The minimum absolute atomic E-state index is 0.00566. The molecule has 25 heavy (non-hydrogen) atoms. The second-order valence-corrected chi connectivity index (χ2v) is 6.55. The molecular weight excluding hydrogens is 349 g/mol. The summed E-state index contributed by atoms with van der Waals surface area (Å²) in [6.45, 7) is 5.07. The Bertz CT molecular complexity index is 806. The average molecular weight is 366 g/mol. The van der Waals surface area contributed by atoms with E-state index < -0.39 is 23.3 Å². The van der Waals surface area contributed by atoms with Crippen molar-refractivity contribution in [3.05, 3.63) is 52.8 Å². The number of aromatic nitrogens is 2. The zero-order valence-electron chi connectivity index (χ0n) is 14.0. The van der Waals surface area contributed by atoms with Crippen molar-refractivity contribution in [3.63, 3.8) is 0 Å². The van der Waals surface area contributed by atoms with E-state index in [1.165, 1.54) is 30.5 Å². The molecule has 6 nitrogen and oxygen atoms in total. The van der Waals surface area contributed by atoms with Crippen LogP contribution < -0.4 is 5.32 Å². The SMILES string of the molecule is CC(C)(C)OC(=O)Nc1cccc(C(=O)Cc2ccnc(Cl)n2)c1F. The van der Waals surface area contributed by atoms with E-state index in [-0.39, 0.29) is 23.0 Å². The van der Waals surface area contributed by atoms with Crippen LogP contribution in [0.15, 0.2) is 30.5 Å². The highest BCUT2D eigenvalue weighted by Crippen LogP contribution is 2.21. The maximum Gasteiger partial charge on any atom is 0.412 e. The maximum absolute atomic E-state index is 14.5. The summed E-state index contributed by atoms with van der Waals surface area (Å²) in [7, 11) is 0. The van der Waals surface area contributed by atoms with E-state index in [9.17, 15) is 14.0 Å². The van der Waals surface area contributed by atoms with Crippen molar-refractivity contribution in [3.8, 4) is 0 Å². The van der Waals surface area contributed by atoms with Crippen LogP contribution in [0.1, 0.15) is 36.8 Å². The molecule has 1 heterocycles. The molecule has 0 spiro atoms. The quantitative estimate of drug-likeness (QED) is 0.653. The summed E-state index contributed by atoms with van der Waals surface area (Å²) in [6, 6.07) is 5.67. The molecule has 8 heteroatoms. The second kappa shape index (κ2) is 7.57. The van der Waals surface area contributed by atoms with Crippen LogP contribution in [0, 0.1) is 5.82 Å². The number of carbonyl (C=O) groups is 2. The molecule has 0 bridgehead atoms. The highest BCUT2D eigenvalue weighted by atomic mass is 35.5. The number of benzene rings is 1. The monoisotopic (exact) mass is 365 g/mol. The number of ketones is 1. The Kier molecular flexibility index (Phi) is 5.69. The van der Waals surface area contributed by atoms with E-state index in [0.29, 0.717) is 5.69 Å². The van der Waals surface area contributed by atoms with Crippen LogP contribution in [0.2, 0.25) is 5.28 Å². The molecule has 1 aromatic carbocycles. The third-order valence-corrected chi connectivity index (χ3v) is 3.14. The van der Waals surface area contributed by atoms with Gasteiger partial charge in [-0.05, 0) is 50.6 Å². The zero-order valence-corrected chi connectivity index (χ0v) is 14.7. The van der Waals surface area contributed by atoms with E-state index in [2.05, 4.69) is 15.3 Å². The first-order valence-electron chi connectivity index (χ1n) is 7.45. The standard InChI is InChI=1S/C17H17ClFN3O3/c1-17(2,3)25-16(24)22-12-6-4-5-11(14(12)19)13(23)9-10-7-8-20-15(18)21-10/h4-8H,9H2,1-3H3,(H,22,24). The van der Waals surface area contributed by atoms with Crippen molar-refractivity contribution in [1.29, 1.82) is 0 Å². The number of anilines is 1. The van der Waals surface area contributed by atoms with Gasteiger partial charge in [-0.1, -0.05) is 6.07 Å². The van der Waals surface area contributed by atoms with E-state index in [0.717, 1.165) is 0 Å². The van der Waals surface area contributed by atoms with Gasteiger partial charge in [-0.2, -0.15) is 0 Å². The molecule has 0 atom stereocenters. The number of nitrogens with one attached hydrogen (secondary N) is 1. The van der Waals surface area contributed by atoms with Gasteiger partial charge in [0.15, 0.2) is 11.6 Å². The van der Waals surface area contributed by atoms with Crippen molar-refractivity contribution in [2.75, 3.05) is 5.32 Å². The van der Waals surface area contributed by atoms with Gasteiger partial charge in [-0.25, -0.2) is 19.2 Å². The molecule has 2 aromatic rings.